The molecule has 0 aliphatic rings. The molecule has 9 heteroatoms. The summed E-state index contributed by atoms with van der Waals surface area (Å²) in [6.45, 7) is 4.03. The molecular weight excluding hydrogens is 504 g/mol. The summed E-state index contributed by atoms with van der Waals surface area (Å²) >= 11 is 5.72. The molecule has 1 nitrogen and oxygen atoms in total. The molecule has 0 bridgehead atoms. The molecule has 0 aliphatic heterocycles. The Morgan fingerprint density at radius 1 is 0.947 bits per heavy atom. The summed E-state index contributed by atoms with van der Waals surface area (Å²) in [6, 6.07) is 10.7. The van der Waals surface area contributed by atoms with Gasteiger partial charge in [-0.1, -0.05) is 16.4 Å². The van der Waals surface area contributed by atoms with Gasteiger partial charge in [-0.15, -0.1) is 0 Å². The fourth-order valence-electron chi connectivity index (χ4n) is 0.728. The van der Waals surface area contributed by atoms with Gasteiger partial charge in [0.15, 0.2) is 0 Å². The fourth-order valence-corrected chi connectivity index (χ4v) is 0.854. The van der Waals surface area contributed by atoms with Crippen molar-refractivity contribution in [3.8, 4) is 6.07 Å². The third-order valence-corrected chi connectivity index (χ3v) is 1.55. The summed E-state index contributed by atoms with van der Waals surface area (Å²) in [5.74, 6) is 0. The standard InChI is InChI=1S/C10H11ClN.6ClH.Sb/c1-8(2)12-7-9-3-5-10(11)6-4-9;;;;;;;/h3-6,8H,1-2H3;6*1H;/q+1;;;;;;;+5/p-6. The summed E-state index contributed by atoms with van der Waals surface area (Å²) in [5.41, 5.74) is 0.966. The van der Waals surface area contributed by atoms with E-state index in [9.17, 15) is 0 Å². The van der Waals surface area contributed by atoms with Crippen LogP contribution in [0.2, 0.25) is 5.02 Å². The van der Waals surface area contributed by atoms with Crippen LogP contribution < -0.4 is 0 Å². The van der Waals surface area contributed by atoms with Gasteiger partial charge in [-0.3, -0.25) is 0 Å². The fraction of sp³-hybridized carbons (Fsp3) is 0.300. The Kier molecular flexibility index (Phi) is 7.32. The van der Waals surface area contributed by atoms with Crippen LogP contribution >= 0.6 is 64.6 Å². The molecule has 0 fully saturated rings. The third-order valence-electron chi connectivity index (χ3n) is 1.30. The van der Waals surface area contributed by atoms with Gasteiger partial charge >= 0.3 is 68.2 Å². The van der Waals surface area contributed by atoms with Gasteiger partial charge in [0.25, 0.3) is 6.04 Å². The van der Waals surface area contributed by atoms with E-state index >= 15 is 0 Å². The van der Waals surface area contributed by atoms with Crippen molar-refractivity contribution >= 4 is 73.7 Å². The molecule has 110 valence electrons. The van der Waals surface area contributed by atoms with Gasteiger partial charge in [0.1, 0.15) is 5.56 Å². The van der Waals surface area contributed by atoms with Crippen LogP contribution in [-0.4, -0.2) is 15.2 Å². The summed E-state index contributed by atoms with van der Waals surface area (Å²) < 4.78 is 0. The molecule has 0 N–H and O–H groups in total. The van der Waals surface area contributed by atoms with E-state index in [-0.39, 0.29) is 0 Å². The maximum absolute atomic E-state index is 5.72. The Bertz CT molecular complexity index is 466. The second-order valence-corrected chi connectivity index (χ2v) is 61.1. The van der Waals surface area contributed by atoms with Gasteiger partial charge in [-0.05, 0) is 24.3 Å². The molecule has 0 heterocycles. The predicted octanol–water partition coefficient (Wildman–Crippen LogP) is 7.19. The Morgan fingerprint density at radius 2 is 1.32 bits per heavy atom. The van der Waals surface area contributed by atoms with Crippen molar-refractivity contribution in [1.82, 2.24) is 0 Å². The van der Waals surface area contributed by atoms with Crippen molar-refractivity contribution in [3.63, 3.8) is 0 Å². The topological polar surface area (TPSA) is 4.36 Å². The van der Waals surface area contributed by atoms with Gasteiger partial charge in [-0.2, -0.15) is 0 Å². The van der Waals surface area contributed by atoms with Crippen LogP contribution in [-0.2, 0) is 0 Å². The minimum absolute atomic E-state index is 0.292. The molecule has 0 saturated carbocycles. The molecule has 0 spiro atoms. The minimum atomic E-state index is -5.42. The molecule has 19 heavy (non-hydrogen) atoms. The first kappa shape index (κ1) is 20.6. The Morgan fingerprint density at radius 3 is 1.63 bits per heavy atom. The average molecular weight is 515 g/mol. The molecule has 0 saturated heterocycles. The van der Waals surface area contributed by atoms with E-state index in [4.69, 9.17) is 64.6 Å². The first-order valence-corrected chi connectivity index (χ1v) is 24.7. The number of halogens is 7. The van der Waals surface area contributed by atoms with E-state index in [1.165, 1.54) is 0 Å². The van der Waals surface area contributed by atoms with Gasteiger partial charge in [0.05, 0.1) is 0 Å². The molecule has 1 aromatic rings. The van der Waals surface area contributed by atoms with E-state index in [1.807, 2.05) is 38.1 Å². The second kappa shape index (κ2) is 6.76. The molecule has 0 amide bonds. The van der Waals surface area contributed by atoms with Crippen LogP contribution in [0.1, 0.15) is 19.4 Å². The van der Waals surface area contributed by atoms with Gasteiger partial charge < -0.3 is 0 Å². The predicted molar refractivity (Wildman–Crippen MR) is 93.8 cm³/mol. The monoisotopic (exact) mass is 511 g/mol. The van der Waals surface area contributed by atoms with E-state index < -0.39 is 9.14 Å². The zero-order valence-corrected chi connectivity index (χ0v) is 17.8. The molecule has 0 radical (unpaired) electrons. The van der Waals surface area contributed by atoms with Crippen molar-refractivity contribution in [2.24, 2.45) is 0 Å². The van der Waals surface area contributed by atoms with Gasteiger partial charge in [-0.25, -0.2) is 0 Å². The van der Waals surface area contributed by atoms with Gasteiger partial charge in [0, 0.05) is 18.9 Å². The number of nitrogens with zero attached hydrogens (tertiary/aromatic N) is 1. The molecule has 1 rings (SSSR count). The molecule has 0 aromatic heterocycles. The molecule has 1 aromatic carbocycles. The van der Waals surface area contributed by atoms with Crippen molar-refractivity contribution in [3.05, 3.63) is 39.7 Å². The van der Waals surface area contributed by atoms with E-state index in [0.717, 1.165) is 10.6 Å². The van der Waals surface area contributed by atoms with Crippen molar-refractivity contribution < 1.29 is 0 Å². The van der Waals surface area contributed by atoms with E-state index in [0.29, 0.717) is 6.04 Å². The Labute approximate surface area is 138 Å². The molecule has 0 unspecified atom stereocenters. The van der Waals surface area contributed by atoms with Crippen LogP contribution in [0.25, 0.3) is 4.85 Å². The SMILES string of the molecule is CC(C)[N+]#Cc1ccc(Cl)cc1.[Cl][Sb-]([Cl])([Cl])([Cl])([Cl])[Cl]. The average Bonchev–Trinajstić information content (AvgIpc) is 2.12. The zero-order chi connectivity index (χ0) is 15.4. The second-order valence-electron chi connectivity index (χ2n) is 3.80. The number of hydrogen-bond acceptors (Lipinski definition) is 0. The Hall–Kier alpha value is 1.56. The summed E-state index contributed by atoms with van der Waals surface area (Å²) in [6.07, 6.45) is 0. The molecule has 0 atom stereocenters. The van der Waals surface area contributed by atoms with Crippen LogP contribution in [0, 0.1) is 6.07 Å². The van der Waals surface area contributed by atoms with E-state index in [1.54, 1.807) is 0 Å². The third kappa shape index (κ3) is 22.0. The van der Waals surface area contributed by atoms with Crippen LogP contribution in [0.3, 0.4) is 0 Å². The zero-order valence-electron chi connectivity index (χ0n) is 9.93. The normalized spacial score (nSPS) is 14.4. The van der Waals surface area contributed by atoms with E-state index in [2.05, 4.69) is 10.9 Å². The first-order valence-electron chi connectivity index (χ1n) is 4.91. The van der Waals surface area contributed by atoms with Crippen molar-refractivity contribution in [2.75, 3.05) is 0 Å². The summed E-state index contributed by atoms with van der Waals surface area (Å²) in [5, 5.41) is 0.741. The van der Waals surface area contributed by atoms with Crippen LogP contribution in [0.4, 0.5) is 0 Å². The summed E-state index contributed by atoms with van der Waals surface area (Å²) in [7, 11) is 25.0. The molecular formula is C10H11Cl7NSb. The first-order chi connectivity index (χ1) is 8.13. The van der Waals surface area contributed by atoms with Crippen molar-refractivity contribution in [1.29, 1.82) is 0 Å². The van der Waals surface area contributed by atoms with Crippen LogP contribution in [0.5, 0.6) is 0 Å². The van der Waals surface area contributed by atoms with Crippen molar-refractivity contribution in [2.45, 2.75) is 19.9 Å². The van der Waals surface area contributed by atoms with Crippen LogP contribution in [0.15, 0.2) is 24.3 Å². The maximum atomic E-state index is 5.72. The Balaban J connectivity index is 0.000000399. The number of hydrogen-bond donors (Lipinski definition) is 0. The quantitative estimate of drug-likeness (QED) is 0.323. The van der Waals surface area contributed by atoms with Gasteiger partial charge in [0.2, 0.25) is 0 Å². The number of benzene rings is 1. The summed E-state index contributed by atoms with van der Waals surface area (Å²) in [4.78, 5) is 4.13. The number of rotatable bonds is 0. The molecule has 0 aliphatic carbocycles.